The molecule has 0 aromatic carbocycles. The van der Waals surface area contributed by atoms with Crippen molar-refractivity contribution in [3.8, 4) is 0 Å². The van der Waals surface area contributed by atoms with Crippen LogP contribution < -0.4 is 0 Å². The quantitative estimate of drug-likeness (QED) is 0.515. The van der Waals surface area contributed by atoms with Crippen molar-refractivity contribution in [3.63, 3.8) is 0 Å². The molecule has 4 fully saturated rings. The number of hydrogen-bond donors (Lipinski definition) is 0. The molecule has 0 heteroatoms. The first-order chi connectivity index (χ1) is 11.3. The van der Waals surface area contributed by atoms with Gasteiger partial charge in [-0.2, -0.15) is 0 Å². The van der Waals surface area contributed by atoms with Crippen LogP contribution in [0.2, 0.25) is 0 Å². The summed E-state index contributed by atoms with van der Waals surface area (Å²) in [6.45, 7) is 2.52. The lowest BCUT2D eigenvalue weighted by Gasteiger charge is -2.47. The van der Waals surface area contributed by atoms with Gasteiger partial charge in [0.15, 0.2) is 0 Å². The Balaban J connectivity index is 1.38. The van der Waals surface area contributed by atoms with Crippen LogP contribution >= 0.6 is 0 Å². The molecule has 132 valence electrons. The third-order valence-corrected chi connectivity index (χ3v) is 8.84. The van der Waals surface area contributed by atoms with E-state index in [0.717, 1.165) is 41.4 Å². The molecule has 0 aromatic rings. The van der Waals surface area contributed by atoms with Crippen molar-refractivity contribution in [3.05, 3.63) is 0 Å². The maximum Gasteiger partial charge on any atom is -0.0360 e. The second-order valence-electron chi connectivity index (χ2n) is 9.83. The fraction of sp³-hybridized carbons (Fsp3) is 1.00. The molecule has 4 rings (SSSR count). The average molecular weight is 317 g/mol. The Bertz CT molecular complexity index is 338. The largest absolute Gasteiger partial charge is 0.0651 e. The summed E-state index contributed by atoms with van der Waals surface area (Å²) in [7, 11) is 0. The fourth-order valence-corrected chi connectivity index (χ4v) is 7.65. The van der Waals surface area contributed by atoms with Gasteiger partial charge in [0.1, 0.15) is 0 Å². The second-order valence-corrected chi connectivity index (χ2v) is 9.83. The van der Waals surface area contributed by atoms with Crippen molar-refractivity contribution in [2.75, 3.05) is 0 Å². The Morgan fingerprint density at radius 3 is 1.43 bits per heavy atom. The van der Waals surface area contributed by atoms with Crippen molar-refractivity contribution in [2.24, 2.45) is 41.4 Å². The van der Waals surface area contributed by atoms with Crippen LogP contribution in [0.3, 0.4) is 0 Å². The Kier molecular flexibility index (Phi) is 5.36. The Morgan fingerprint density at radius 2 is 1.00 bits per heavy atom. The zero-order valence-corrected chi connectivity index (χ0v) is 15.6. The molecule has 0 saturated heterocycles. The van der Waals surface area contributed by atoms with Gasteiger partial charge in [0, 0.05) is 0 Å². The average Bonchev–Trinajstić information content (AvgIpc) is 2.62. The first kappa shape index (κ1) is 16.5. The van der Waals surface area contributed by atoms with Crippen molar-refractivity contribution < 1.29 is 0 Å². The predicted molar refractivity (Wildman–Crippen MR) is 99.4 cm³/mol. The van der Waals surface area contributed by atoms with E-state index in [1.165, 1.54) is 32.1 Å². The molecule has 6 unspecified atom stereocenters. The minimum Gasteiger partial charge on any atom is -0.0651 e. The molecule has 0 bridgehead atoms. The normalized spacial score (nSPS) is 45.8. The van der Waals surface area contributed by atoms with Gasteiger partial charge in [0.2, 0.25) is 0 Å². The molecule has 0 heterocycles. The number of rotatable bonds is 3. The highest BCUT2D eigenvalue weighted by molar-refractivity contribution is 4.91. The van der Waals surface area contributed by atoms with Crippen LogP contribution in [0.5, 0.6) is 0 Å². The first-order valence-electron chi connectivity index (χ1n) is 11.3. The van der Waals surface area contributed by atoms with Crippen LogP contribution in [0, 0.1) is 41.4 Å². The zero-order valence-electron chi connectivity index (χ0n) is 15.6. The van der Waals surface area contributed by atoms with Crippen molar-refractivity contribution >= 4 is 0 Å². The van der Waals surface area contributed by atoms with E-state index in [1.54, 1.807) is 64.2 Å². The molecule has 4 aliphatic carbocycles. The SMILES string of the molecule is CCC(C1CCC2CCCCC2C1)C1CCC2CCCCC2C1. The van der Waals surface area contributed by atoms with Gasteiger partial charge in [-0.15, -0.1) is 0 Å². The molecule has 0 aliphatic heterocycles. The van der Waals surface area contributed by atoms with Crippen LogP contribution in [0.4, 0.5) is 0 Å². The number of fused-ring (bicyclic) bond motifs is 2. The molecule has 0 aromatic heterocycles. The van der Waals surface area contributed by atoms with Gasteiger partial charge in [-0.25, -0.2) is 0 Å². The van der Waals surface area contributed by atoms with Crippen LogP contribution in [-0.2, 0) is 0 Å². The van der Waals surface area contributed by atoms with E-state index in [4.69, 9.17) is 0 Å². The Morgan fingerprint density at radius 1 is 0.565 bits per heavy atom. The van der Waals surface area contributed by atoms with E-state index in [9.17, 15) is 0 Å². The molecular weight excluding hydrogens is 276 g/mol. The summed E-state index contributed by atoms with van der Waals surface area (Å²) in [5, 5.41) is 0. The summed E-state index contributed by atoms with van der Waals surface area (Å²) in [5.41, 5.74) is 0. The highest BCUT2D eigenvalue weighted by atomic mass is 14.5. The van der Waals surface area contributed by atoms with Crippen LogP contribution in [-0.4, -0.2) is 0 Å². The van der Waals surface area contributed by atoms with Crippen molar-refractivity contribution in [1.29, 1.82) is 0 Å². The summed E-state index contributed by atoms with van der Waals surface area (Å²) < 4.78 is 0. The third kappa shape index (κ3) is 3.52. The number of hydrogen-bond acceptors (Lipinski definition) is 0. The van der Waals surface area contributed by atoms with Gasteiger partial charge in [-0.3, -0.25) is 0 Å². The van der Waals surface area contributed by atoms with E-state index in [1.807, 2.05) is 0 Å². The van der Waals surface area contributed by atoms with Crippen molar-refractivity contribution in [1.82, 2.24) is 0 Å². The lowest BCUT2D eigenvalue weighted by Crippen LogP contribution is -2.37. The maximum atomic E-state index is 2.52. The lowest BCUT2D eigenvalue weighted by atomic mass is 9.58. The molecule has 6 atom stereocenters. The van der Waals surface area contributed by atoms with Crippen LogP contribution in [0.25, 0.3) is 0 Å². The van der Waals surface area contributed by atoms with Gasteiger partial charge in [0.05, 0.1) is 0 Å². The monoisotopic (exact) mass is 316 g/mol. The third-order valence-electron chi connectivity index (χ3n) is 8.84. The smallest absolute Gasteiger partial charge is 0.0360 e. The minimum atomic E-state index is 1.08. The molecule has 0 N–H and O–H groups in total. The molecule has 0 spiro atoms. The topological polar surface area (TPSA) is 0 Å². The molecule has 4 aliphatic rings. The maximum absolute atomic E-state index is 2.52. The summed E-state index contributed by atoms with van der Waals surface area (Å²) >= 11 is 0. The standard InChI is InChI=1S/C23H40/c1-2-23(21-13-11-17-7-3-5-9-19(17)15-21)22-14-12-18-8-4-6-10-20(18)16-22/h17-23H,2-16H2,1H3. The van der Waals surface area contributed by atoms with Crippen LogP contribution in [0.15, 0.2) is 0 Å². The summed E-state index contributed by atoms with van der Waals surface area (Å²) in [6.07, 6.45) is 23.5. The summed E-state index contributed by atoms with van der Waals surface area (Å²) in [6, 6.07) is 0. The molecule has 0 amide bonds. The van der Waals surface area contributed by atoms with E-state index < -0.39 is 0 Å². The lowest BCUT2D eigenvalue weighted by molar-refractivity contribution is 0.0361. The highest BCUT2D eigenvalue weighted by Gasteiger charge is 2.40. The molecular formula is C23H40. The summed E-state index contributed by atoms with van der Waals surface area (Å²) in [5.74, 6) is 7.80. The van der Waals surface area contributed by atoms with Gasteiger partial charge in [-0.1, -0.05) is 64.7 Å². The van der Waals surface area contributed by atoms with Gasteiger partial charge in [-0.05, 0) is 80.0 Å². The Labute approximate surface area is 145 Å². The first-order valence-corrected chi connectivity index (χ1v) is 11.3. The van der Waals surface area contributed by atoms with Gasteiger partial charge >= 0.3 is 0 Å². The van der Waals surface area contributed by atoms with Gasteiger partial charge < -0.3 is 0 Å². The molecule has 4 saturated carbocycles. The van der Waals surface area contributed by atoms with E-state index in [-0.39, 0.29) is 0 Å². The zero-order chi connectivity index (χ0) is 15.6. The summed E-state index contributed by atoms with van der Waals surface area (Å²) in [4.78, 5) is 0. The van der Waals surface area contributed by atoms with Gasteiger partial charge in [0.25, 0.3) is 0 Å². The molecule has 0 radical (unpaired) electrons. The van der Waals surface area contributed by atoms with E-state index in [0.29, 0.717) is 0 Å². The van der Waals surface area contributed by atoms with Crippen LogP contribution in [0.1, 0.15) is 103 Å². The predicted octanol–water partition coefficient (Wildman–Crippen LogP) is 7.23. The second kappa shape index (κ2) is 7.49. The van der Waals surface area contributed by atoms with Crippen molar-refractivity contribution in [2.45, 2.75) is 103 Å². The Hall–Kier alpha value is 0. The van der Waals surface area contributed by atoms with E-state index >= 15 is 0 Å². The fourth-order valence-electron chi connectivity index (χ4n) is 7.65. The molecule has 0 nitrogen and oxygen atoms in total. The highest BCUT2D eigenvalue weighted by Crippen LogP contribution is 2.51. The van der Waals surface area contributed by atoms with E-state index in [2.05, 4.69) is 6.92 Å². The molecule has 23 heavy (non-hydrogen) atoms. The minimum absolute atomic E-state index is 1.08.